The Kier molecular flexibility index (Phi) is 6.80. The lowest BCUT2D eigenvalue weighted by atomic mass is 10.2. The fourth-order valence-corrected chi connectivity index (χ4v) is 2.85. The molecule has 124 valence electrons. The summed E-state index contributed by atoms with van der Waals surface area (Å²) >= 11 is 1.42. The van der Waals surface area contributed by atoms with Crippen LogP contribution in [0.4, 0.5) is 15.6 Å². The molecule has 0 saturated heterocycles. The molecule has 0 aliphatic rings. The number of carbonyl (C=O) groups is 1. The van der Waals surface area contributed by atoms with Gasteiger partial charge in [0.25, 0.3) is 0 Å². The molecule has 2 rings (SSSR count). The summed E-state index contributed by atoms with van der Waals surface area (Å²) in [5.74, 6) is 0.688. The number of anilines is 2. The van der Waals surface area contributed by atoms with Gasteiger partial charge in [-0.2, -0.15) is 0 Å². The highest BCUT2D eigenvalue weighted by Crippen LogP contribution is 2.19. The molecule has 0 unspecified atom stereocenters. The van der Waals surface area contributed by atoms with Gasteiger partial charge in [-0.3, -0.25) is 5.32 Å². The van der Waals surface area contributed by atoms with E-state index in [0.717, 1.165) is 17.8 Å². The standard InChI is InChI=1S/C16H22N4O2S/c1-3-4-5-6-10-14-19-20-16(23-14)18-15(21)17-12-8-7-9-13(11-12)22-2/h7-9,11H,3-6,10H2,1-2H3,(H2,17,18,20,21). The molecule has 0 radical (unpaired) electrons. The highest BCUT2D eigenvalue weighted by molar-refractivity contribution is 7.15. The van der Waals surface area contributed by atoms with E-state index in [1.54, 1.807) is 19.2 Å². The zero-order valence-electron chi connectivity index (χ0n) is 13.5. The first-order chi connectivity index (χ1) is 11.2. The number of ether oxygens (including phenoxy) is 1. The van der Waals surface area contributed by atoms with E-state index in [-0.39, 0.29) is 6.03 Å². The Morgan fingerprint density at radius 3 is 2.87 bits per heavy atom. The van der Waals surface area contributed by atoms with Crippen molar-refractivity contribution in [3.8, 4) is 5.75 Å². The van der Waals surface area contributed by atoms with Gasteiger partial charge in [-0.05, 0) is 18.6 Å². The van der Waals surface area contributed by atoms with Gasteiger partial charge < -0.3 is 10.1 Å². The first-order valence-electron chi connectivity index (χ1n) is 7.75. The largest absolute Gasteiger partial charge is 0.497 e. The third-order valence-electron chi connectivity index (χ3n) is 3.26. The number of aryl methyl sites for hydroxylation is 1. The molecule has 0 aliphatic carbocycles. The lowest BCUT2D eigenvalue weighted by Gasteiger charge is -2.06. The van der Waals surface area contributed by atoms with E-state index < -0.39 is 0 Å². The van der Waals surface area contributed by atoms with Crippen molar-refractivity contribution in [3.63, 3.8) is 0 Å². The van der Waals surface area contributed by atoms with Gasteiger partial charge in [0.1, 0.15) is 10.8 Å². The van der Waals surface area contributed by atoms with Gasteiger partial charge in [-0.1, -0.05) is 43.6 Å². The van der Waals surface area contributed by atoms with Gasteiger partial charge in [-0.25, -0.2) is 4.79 Å². The van der Waals surface area contributed by atoms with Crippen LogP contribution >= 0.6 is 11.3 Å². The molecular weight excluding hydrogens is 312 g/mol. The second-order valence-corrected chi connectivity index (χ2v) is 6.18. The molecule has 2 aromatic rings. The molecule has 0 fully saturated rings. The van der Waals surface area contributed by atoms with Crippen LogP contribution in [0, 0.1) is 0 Å². The molecule has 0 aliphatic heterocycles. The topological polar surface area (TPSA) is 76.1 Å². The number of methoxy groups -OCH3 is 1. The van der Waals surface area contributed by atoms with Crippen molar-refractivity contribution in [2.75, 3.05) is 17.7 Å². The Bertz CT molecular complexity index is 630. The maximum atomic E-state index is 12.0. The molecule has 2 N–H and O–H groups in total. The summed E-state index contributed by atoms with van der Waals surface area (Å²) < 4.78 is 5.12. The highest BCUT2D eigenvalue weighted by atomic mass is 32.1. The van der Waals surface area contributed by atoms with Gasteiger partial charge in [-0.15, -0.1) is 10.2 Å². The van der Waals surface area contributed by atoms with Crippen molar-refractivity contribution in [1.29, 1.82) is 0 Å². The van der Waals surface area contributed by atoms with Crippen LogP contribution < -0.4 is 15.4 Å². The van der Waals surface area contributed by atoms with E-state index in [1.165, 1.54) is 30.6 Å². The van der Waals surface area contributed by atoms with Crippen molar-refractivity contribution in [2.45, 2.75) is 39.0 Å². The molecular formula is C16H22N4O2S. The minimum absolute atomic E-state index is 0.341. The number of amides is 2. The highest BCUT2D eigenvalue weighted by Gasteiger charge is 2.08. The molecule has 1 heterocycles. The zero-order valence-corrected chi connectivity index (χ0v) is 14.3. The number of benzene rings is 1. The molecule has 0 spiro atoms. The number of carbonyl (C=O) groups excluding carboxylic acids is 1. The Hall–Kier alpha value is -2.15. The second-order valence-electron chi connectivity index (χ2n) is 5.12. The number of urea groups is 1. The van der Waals surface area contributed by atoms with E-state index in [0.29, 0.717) is 16.6 Å². The smallest absolute Gasteiger partial charge is 0.325 e. The number of aromatic nitrogens is 2. The fourth-order valence-electron chi connectivity index (χ4n) is 2.07. The van der Waals surface area contributed by atoms with E-state index in [9.17, 15) is 4.79 Å². The number of nitrogens with zero attached hydrogens (tertiary/aromatic N) is 2. The van der Waals surface area contributed by atoms with Crippen molar-refractivity contribution in [1.82, 2.24) is 10.2 Å². The third-order valence-corrected chi connectivity index (χ3v) is 4.16. The Balaban J connectivity index is 1.82. The van der Waals surface area contributed by atoms with Crippen LogP contribution in [0.2, 0.25) is 0 Å². The number of unbranched alkanes of at least 4 members (excludes halogenated alkanes) is 3. The Morgan fingerprint density at radius 1 is 1.22 bits per heavy atom. The maximum absolute atomic E-state index is 12.0. The third kappa shape index (κ3) is 5.86. The number of hydrogen-bond donors (Lipinski definition) is 2. The molecule has 6 nitrogen and oxygen atoms in total. The summed E-state index contributed by atoms with van der Waals surface area (Å²) in [6, 6.07) is 6.83. The molecule has 0 bridgehead atoms. The van der Waals surface area contributed by atoms with Crippen molar-refractivity contribution >= 4 is 28.2 Å². The summed E-state index contributed by atoms with van der Waals surface area (Å²) in [5.41, 5.74) is 0.658. The van der Waals surface area contributed by atoms with Gasteiger partial charge in [0.2, 0.25) is 5.13 Å². The predicted molar refractivity (Wildman–Crippen MR) is 93.4 cm³/mol. The zero-order chi connectivity index (χ0) is 16.5. The van der Waals surface area contributed by atoms with Crippen LogP contribution in [0.1, 0.15) is 37.6 Å². The molecule has 7 heteroatoms. The lowest BCUT2D eigenvalue weighted by molar-refractivity contribution is 0.262. The summed E-state index contributed by atoms with van der Waals surface area (Å²) in [6.07, 6.45) is 5.69. The van der Waals surface area contributed by atoms with E-state index in [1.807, 2.05) is 12.1 Å². The van der Waals surface area contributed by atoms with Gasteiger partial charge in [0.05, 0.1) is 7.11 Å². The van der Waals surface area contributed by atoms with E-state index in [4.69, 9.17) is 4.74 Å². The van der Waals surface area contributed by atoms with Crippen molar-refractivity contribution < 1.29 is 9.53 Å². The molecule has 1 aromatic carbocycles. The Morgan fingerprint density at radius 2 is 2.09 bits per heavy atom. The van der Waals surface area contributed by atoms with Crippen LogP contribution in [-0.4, -0.2) is 23.3 Å². The number of rotatable bonds is 8. The second kappa shape index (κ2) is 9.09. The normalized spacial score (nSPS) is 10.3. The lowest BCUT2D eigenvalue weighted by Crippen LogP contribution is -2.19. The molecule has 0 saturated carbocycles. The molecule has 23 heavy (non-hydrogen) atoms. The minimum Gasteiger partial charge on any atom is -0.497 e. The summed E-state index contributed by atoms with van der Waals surface area (Å²) in [7, 11) is 1.59. The van der Waals surface area contributed by atoms with Gasteiger partial charge in [0.15, 0.2) is 0 Å². The summed E-state index contributed by atoms with van der Waals surface area (Å²) in [4.78, 5) is 12.0. The molecule has 1 aromatic heterocycles. The number of hydrogen-bond acceptors (Lipinski definition) is 5. The quantitative estimate of drug-likeness (QED) is 0.705. The van der Waals surface area contributed by atoms with Crippen LogP contribution in [0.25, 0.3) is 0 Å². The number of nitrogens with one attached hydrogen (secondary N) is 2. The SMILES string of the molecule is CCCCCCc1nnc(NC(=O)Nc2cccc(OC)c2)s1. The predicted octanol–water partition coefficient (Wildman–Crippen LogP) is 4.31. The monoisotopic (exact) mass is 334 g/mol. The minimum atomic E-state index is -0.341. The van der Waals surface area contributed by atoms with E-state index >= 15 is 0 Å². The average Bonchev–Trinajstić information content (AvgIpc) is 2.99. The summed E-state index contributed by atoms with van der Waals surface area (Å²) in [6.45, 7) is 2.19. The maximum Gasteiger partial charge on any atom is 0.325 e. The molecule has 2 amide bonds. The van der Waals surface area contributed by atoms with Gasteiger partial charge >= 0.3 is 6.03 Å². The average molecular weight is 334 g/mol. The first-order valence-corrected chi connectivity index (χ1v) is 8.57. The molecule has 0 atom stereocenters. The Labute approximate surface area is 140 Å². The summed E-state index contributed by atoms with van der Waals surface area (Å²) in [5, 5.41) is 15.0. The van der Waals surface area contributed by atoms with Crippen LogP contribution in [0.15, 0.2) is 24.3 Å². The van der Waals surface area contributed by atoms with Crippen LogP contribution in [0.5, 0.6) is 5.75 Å². The van der Waals surface area contributed by atoms with Gasteiger partial charge in [0, 0.05) is 18.2 Å². The first kappa shape index (κ1) is 17.2. The van der Waals surface area contributed by atoms with Crippen LogP contribution in [-0.2, 0) is 6.42 Å². The van der Waals surface area contributed by atoms with E-state index in [2.05, 4.69) is 27.8 Å². The fraction of sp³-hybridized carbons (Fsp3) is 0.438. The van der Waals surface area contributed by atoms with Crippen molar-refractivity contribution in [2.24, 2.45) is 0 Å². The van der Waals surface area contributed by atoms with Crippen molar-refractivity contribution in [3.05, 3.63) is 29.3 Å². The van der Waals surface area contributed by atoms with Crippen LogP contribution in [0.3, 0.4) is 0 Å².